The molecule has 1 aliphatic heterocycles. The fourth-order valence-corrected chi connectivity index (χ4v) is 4.68. The Balaban J connectivity index is 1.30. The van der Waals surface area contributed by atoms with Crippen molar-refractivity contribution in [2.45, 2.75) is 38.6 Å². The highest BCUT2D eigenvalue weighted by Gasteiger charge is 2.26. The van der Waals surface area contributed by atoms with E-state index in [4.69, 9.17) is 9.40 Å². The Labute approximate surface area is 191 Å². The molecule has 1 fully saturated rings. The number of hydrogen-bond donors (Lipinski definition) is 0. The third kappa shape index (κ3) is 4.33. The van der Waals surface area contributed by atoms with Gasteiger partial charge in [0.2, 0.25) is 5.91 Å². The molecule has 0 bridgehead atoms. The maximum absolute atomic E-state index is 13.0. The van der Waals surface area contributed by atoms with Crippen LogP contribution >= 0.6 is 0 Å². The molecule has 5 rings (SSSR count). The number of aryl methyl sites for hydroxylation is 3. The molecule has 170 valence electrons. The number of rotatable bonds is 5. The third-order valence-corrected chi connectivity index (χ3v) is 6.33. The van der Waals surface area contributed by atoms with E-state index in [1.165, 1.54) is 4.57 Å². The lowest BCUT2D eigenvalue weighted by molar-refractivity contribution is -0.132. The molecule has 4 aromatic rings. The number of hydrogen-bond acceptors (Lipinski definition) is 5. The third-order valence-electron chi connectivity index (χ3n) is 6.33. The number of nitrogens with zero attached hydrogens (tertiary/aromatic N) is 5. The van der Waals surface area contributed by atoms with E-state index in [9.17, 15) is 9.59 Å². The van der Waals surface area contributed by atoms with Gasteiger partial charge in [0, 0.05) is 62.2 Å². The lowest BCUT2D eigenvalue weighted by Gasteiger charge is -2.33. The molecule has 1 saturated heterocycles. The Morgan fingerprint density at radius 2 is 2.06 bits per heavy atom. The van der Waals surface area contributed by atoms with Crippen molar-refractivity contribution in [3.8, 4) is 11.1 Å². The van der Waals surface area contributed by atoms with Gasteiger partial charge in [-0.05, 0) is 49.6 Å². The first-order chi connectivity index (χ1) is 16.0. The maximum Gasteiger partial charge on any atom is 0.419 e. The van der Waals surface area contributed by atoms with Crippen molar-refractivity contribution in [3.63, 3.8) is 0 Å². The van der Waals surface area contributed by atoms with Crippen molar-refractivity contribution in [2.75, 3.05) is 13.1 Å². The average Bonchev–Trinajstić information content (AvgIpc) is 3.39. The van der Waals surface area contributed by atoms with Gasteiger partial charge in [-0.3, -0.25) is 19.0 Å². The topological polar surface area (TPSA) is 86.2 Å². The maximum atomic E-state index is 13.0. The van der Waals surface area contributed by atoms with Crippen molar-refractivity contribution in [3.05, 3.63) is 70.7 Å². The summed E-state index contributed by atoms with van der Waals surface area (Å²) >= 11 is 0. The minimum atomic E-state index is -0.424. The van der Waals surface area contributed by atoms with Crippen molar-refractivity contribution in [2.24, 2.45) is 7.05 Å². The average molecular weight is 446 g/mol. The molecule has 0 unspecified atom stereocenters. The first-order valence-electron chi connectivity index (χ1n) is 11.3. The number of aromatic nitrogens is 4. The molecule has 33 heavy (non-hydrogen) atoms. The molecule has 4 heterocycles. The number of oxazole rings is 1. The van der Waals surface area contributed by atoms with Gasteiger partial charge in [0.1, 0.15) is 0 Å². The van der Waals surface area contributed by atoms with E-state index in [2.05, 4.69) is 17.2 Å². The highest BCUT2D eigenvalue weighted by Crippen LogP contribution is 2.30. The summed E-state index contributed by atoms with van der Waals surface area (Å²) in [7, 11) is 1.91. The molecule has 1 aromatic carbocycles. The molecule has 8 nitrogen and oxygen atoms in total. The Hall–Kier alpha value is -3.68. The van der Waals surface area contributed by atoms with E-state index in [0.29, 0.717) is 18.7 Å². The second-order valence-electron chi connectivity index (χ2n) is 8.74. The van der Waals surface area contributed by atoms with E-state index in [-0.39, 0.29) is 18.2 Å². The fraction of sp³-hybridized carbons (Fsp3) is 0.360. The van der Waals surface area contributed by atoms with Crippen LogP contribution in [0.25, 0.3) is 22.2 Å². The van der Waals surface area contributed by atoms with Gasteiger partial charge in [0.05, 0.1) is 11.7 Å². The minimum absolute atomic E-state index is 0.0528. The molecular formula is C25H27N5O3. The molecular weight excluding hydrogens is 418 g/mol. The van der Waals surface area contributed by atoms with Gasteiger partial charge in [-0.15, -0.1) is 0 Å². The van der Waals surface area contributed by atoms with Crippen LogP contribution in [-0.2, 0) is 18.4 Å². The van der Waals surface area contributed by atoms with Crippen LogP contribution in [0.5, 0.6) is 0 Å². The number of likely N-dealkylation sites (tertiary alicyclic amines) is 1. The normalized spacial score (nSPS) is 16.4. The number of amides is 1. The van der Waals surface area contributed by atoms with Crippen LogP contribution in [0.2, 0.25) is 0 Å². The van der Waals surface area contributed by atoms with Crippen molar-refractivity contribution >= 4 is 17.0 Å². The lowest BCUT2D eigenvalue weighted by Crippen LogP contribution is -2.39. The number of benzene rings is 1. The van der Waals surface area contributed by atoms with Crippen LogP contribution in [0.3, 0.4) is 0 Å². The van der Waals surface area contributed by atoms with Gasteiger partial charge >= 0.3 is 5.76 Å². The monoisotopic (exact) mass is 445 g/mol. The molecule has 1 amide bonds. The van der Waals surface area contributed by atoms with E-state index < -0.39 is 5.76 Å². The lowest BCUT2D eigenvalue weighted by atomic mass is 9.92. The summed E-state index contributed by atoms with van der Waals surface area (Å²) in [5.41, 5.74) is 5.40. The molecule has 0 saturated carbocycles. The largest absolute Gasteiger partial charge is 0.419 e. The van der Waals surface area contributed by atoms with E-state index in [0.717, 1.165) is 47.4 Å². The predicted octanol–water partition coefficient (Wildman–Crippen LogP) is 3.49. The van der Waals surface area contributed by atoms with E-state index in [1.54, 1.807) is 10.7 Å². The van der Waals surface area contributed by atoms with Gasteiger partial charge in [-0.2, -0.15) is 5.10 Å². The molecule has 0 aliphatic carbocycles. The summed E-state index contributed by atoms with van der Waals surface area (Å²) in [6, 6.07) is 11.5. The zero-order chi connectivity index (χ0) is 22.9. The number of fused-ring (bicyclic) bond motifs is 1. The summed E-state index contributed by atoms with van der Waals surface area (Å²) in [6.45, 7) is 3.69. The second-order valence-corrected chi connectivity index (χ2v) is 8.74. The smallest absolute Gasteiger partial charge is 0.408 e. The number of pyridine rings is 1. The zero-order valence-corrected chi connectivity index (χ0v) is 18.9. The van der Waals surface area contributed by atoms with E-state index >= 15 is 0 Å². The highest BCUT2D eigenvalue weighted by atomic mass is 16.4. The van der Waals surface area contributed by atoms with Gasteiger partial charge < -0.3 is 9.32 Å². The van der Waals surface area contributed by atoms with Crippen LogP contribution in [0, 0.1) is 6.92 Å². The summed E-state index contributed by atoms with van der Waals surface area (Å²) < 4.78 is 8.61. The second kappa shape index (κ2) is 8.69. The molecule has 0 spiro atoms. The number of para-hydroxylation sites is 2. The van der Waals surface area contributed by atoms with Crippen LogP contribution in [0.4, 0.5) is 0 Å². The van der Waals surface area contributed by atoms with Crippen LogP contribution in [0.1, 0.15) is 36.6 Å². The first kappa shape index (κ1) is 21.2. The predicted molar refractivity (Wildman–Crippen MR) is 125 cm³/mol. The van der Waals surface area contributed by atoms with Gasteiger partial charge in [0.25, 0.3) is 0 Å². The SMILES string of the molecule is Cc1cc(-c2cnn(C)c2)cc([C@H]2CCCN(C(=O)CCn3c(=O)oc4ccccc43)C2)n1. The Kier molecular flexibility index (Phi) is 5.58. The Morgan fingerprint density at radius 3 is 2.88 bits per heavy atom. The number of carbonyl (C=O) groups excluding carboxylic acids is 1. The van der Waals surface area contributed by atoms with Gasteiger partial charge in [0.15, 0.2) is 5.58 Å². The standard InChI is InChI=1S/C25H27N5O3/c1-17-12-19(20-14-26-28(2)15-20)13-21(27-17)18-6-5-10-29(16-18)24(31)9-11-30-22-7-3-4-8-23(22)33-25(30)32/h3-4,7-8,12-15,18H,5-6,9-11,16H2,1-2H3/t18-/m0/s1. The quantitative estimate of drug-likeness (QED) is 0.469. The molecule has 3 aromatic heterocycles. The van der Waals surface area contributed by atoms with Gasteiger partial charge in [-0.25, -0.2) is 4.79 Å². The zero-order valence-electron chi connectivity index (χ0n) is 18.9. The number of piperidine rings is 1. The Bertz CT molecular complexity index is 1370. The molecule has 0 N–H and O–H groups in total. The highest BCUT2D eigenvalue weighted by molar-refractivity contribution is 5.77. The van der Waals surface area contributed by atoms with E-state index in [1.807, 2.05) is 49.5 Å². The van der Waals surface area contributed by atoms with Crippen LogP contribution in [-0.4, -0.2) is 43.2 Å². The van der Waals surface area contributed by atoms with Crippen LogP contribution < -0.4 is 5.76 Å². The Morgan fingerprint density at radius 1 is 1.21 bits per heavy atom. The molecule has 1 atom stereocenters. The minimum Gasteiger partial charge on any atom is -0.408 e. The summed E-state index contributed by atoms with van der Waals surface area (Å²) in [5.74, 6) is -0.181. The molecule has 1 aliphatic rings. The molecule has 8 heteroatoms. The first-order valence-corrected chi connectivity index (χ1v) is 11.3. The van der Waals surface area contributed by atoms with Gasteiger partial charge in [-0.1, -0.05) is 12.1 Å². The summed E-state index contributed by atoms with van der Waals surface area (Å²) in [5, 5.41) is 4.28. The van der Waals surface area contributed by atoms with Crippen molar-refractivity contribution in [1.82, 2.24) is 24.2 Å². The fourth-order valence-electron chi connectivity index (χ4n) is 4.68. The molecule has 0 radical (unpaired) electrons. The van der Waals surface area contributed by atoms with Crippen molar-refractivity contribution < 1.29 is 9.21 Å². The van der Waals surface area contributed by atoms with Crippen LogP contribution in [0.15, 0.2) is 58.0 Å². The number of carbonyl (C=O) groups is 1. The summed E-state index contributed by atoms with van der Waals surface area (Å²) in [4.78, 5) is 31.9. The summed E-state index contributed by atoms with van der Waals surface area (Å²) in [6.07, 6.45) is 6.05. The van der Waals surface area contributed by atoms with Crippen molar-refractivity contribution in [1.29, 1.82) is 0 Å².